The summed E-state index contributed by atoms with van der Waals surface area (Å²) >= 11 is 0. The number of hydrogen-bond acceptors (Lipinski definition) is 3. The van der Waals surface area contributed by atoms with Gasteiger partial charge in [0, 0.05) is 12.0 Å². The molecule has 0 atom stereocenters. The van der Waals surface area contributed by atoms with Gasteiger partial charge in [-0.2, -0.15) is 0 Å². The van der Waals surface area contributed by atoms with Crippen LogP contribution in [0.3, 0.4) is 0 Å². The van der Waals surface area contributed by atoms with E-state index in [2.05, 4.69) is 0 Å². The molecule has 0 heterocycles. The maximum Gasteiger partial charge on any atom is 0.303 e. The molecule has 0 saturated carbocycles. The van der Waals surface area contributed by atoms with E-state index >= 15 is 0 Å². The molecule has 0 aliphatic heterocycles. The Morgan fingerprint density at radius 3 is 2.06 bits per heavy atom. The van der Waals surface area contributed by atoms with Crippen molar-refractivity contribution < 1.29 is 14.7 Å². The van der Waals surface area contributed by atoms with Gasteiger partial charge in [0.05, 0.1) is 0 Å². The van der Waals surface area contributed by atoms with Gasteiger partial charge >= 0.3 is 5.97 Å². The smallest absolute Gasteiger partial charge is 0.303 e. The number of hydrogen-bond donors (Lipinski definition) is 3. The highest BCUT2D eigenvalue weighted by Gasteiger charge is 1.94. The second-order valence-corrected chi connectivity index (χ2v) is 3.72. The summed E-state index contributed by atoms with van der Waals surface area (Å²) in [5.74, 6) is -1.09. The molecule has 0 fully saturated rings. The second-order valence-electron chi connectivity index (χ2n) is 3.72. The third-order valence-electron chi connectivity index (χ3n) is 2.15. The molecular weight excluding hydrogens is 232 g/mol. The monoisotopic (exact) mass is 252 g/mol. The molecule has 0 saturated heterocycles. The van der Waals surface area contributed by atoms with Crippen molar-refractivity contribution in [2.75, 3.05) is 6.54 Å². The molecule has 1 rings (SSSR count). The van der Waals surface area contributed by atoms with Crippen molar-refractivity contribution in [3.8, 4) is 0 Å². The van der Waals surface area contributed by atoms with Crippen LogP contribution < -0.4 is 11.5 Å². The maximum absolute atomic E-state index is 10.4. The third kappa shape index (κ3) is 9.35. The Balaban J connectivity index is 0.000000321. The summed E-state index contributed by atoms with van der Waals surface area (Å²) in [4.78, 5) is 20.4. The average molecular weight is 252 g/mol. The van der Waals surface area contributed by atoms with Crippen LogP contribution in [0.15, 0.2) is 30.3 Å². The molecule has 0 unspecified atom stereocenters. The van der Waals surface area contributed by atoms with Gasteiger partial charge in [-0.25, -0.2) is 0 Å². The van der Waals surface area contributed by atoms with E-state index in [1.807, 2.05) is 6.07 Å². The molecule has 1 aromatic rings. The van der Waals surface area contributed by atoms with Gasteiger partial charge in [0.1, 0.15) is 0 Å². The summed E-state index contributed by atoms with van der Waals surface area (Å²) in [7, 11) is 0. The molecule has 0 radical (unpaired) electrons. The maximum atomic E-state index is 10.4. The van der Waals surface area contributed by atoms with Gasteiger partial charge in [-0.15, -0.1) is 0 Å². The molecule has 1 aromatic carbocycles. The van der Waals surface area contributed by atoms with Crippen LogP contribution in [-0.2, 0) is 4.79 Å². The molecule has 0 spiro atoms. The molecule has 5 N–H and O–H groups in total. The normalized spacial score (nSPS) is 9.17. The summed E-state index contributed by atoms with van der Waals surface area (Å²) < 4.78 is 0. The Kier molecular flexibility index (Phi) is 9.21. The van der Waals surface area contributed by atoms with Crippen LogP contribution in [0, 0.1) is 0 Å². The minimum atomic E-state index is -0.716. The molecule has 1 amide bonds. The third-order valence-corrected chi connectivity index (χ3v) is 2.15. The first kappa shape index (κ1) is 16.1. The van der Waals surface area contributed by atoms with Gasteiger partial charge in [-0.05, 0) is 31.5 Å². The molecule has 0 aliphatic rings. The highest BCUT2D eigenvalue weighted by atomic mass is 16.4. The van der Waals surface area contributed by atoms with Crippen molar-refractivity contribution in [3.63, 3.8) is 0 Å². The first-order valence-electron chi connectivity index (χ1n) is 5.84. The Morgan fingerprint density at radius 2 is 1.67 bits per heavy atom. The fourth-order valence-electron chi connectivity index (χ4n) is 1.20. The topological polar surface area (TPSA) is 106 Å². The summed E-state index contributed by atoms with van der Waals surface area (Å²) in [5.41, 5.74) is 10.7. The molecular formula is C13H20N2O3. The van der Waals surface area contributed by atoms with E-state index in [1.54, 1.807) is 24.3 Å². The van der Waals surface area contributed by atoms with Crippen molar-refractivity contribution in [3.05, 3.63) is 35.9 Å². The van der Waals surface area contributed by atoms with E-state index in [-0.39, 0.29) is 12.3 Å². The van der Waals surface area contributed by atoms with Crippen molar-refractivity contribution in [2.24, 2.45) is 11.5 Å². The first-order chi connectivity index (χ1) is 8.57. The molecule has 5 nitrogen and oxygen atoms in total. The lowest BCUT2D eigenvalue weighted by Gasteiger charge is -1.93. The van der Waals surface area contributed by atoms with Crippen molar-refractivity contribution in [1.29, 1.82) is 0 Å². The Bertz CT molecular complexity index is 353. The number of primary amides is 1. The lowest BCUT2D eigenvalue weighted by Crippen LogP contribution is -2.09. The molecule has 18 heavy (non-hydrogen) atoms. The van der Waals surface area contributed by atoms with E-state index in [0.29, 0.717) is 12.1 Å². The van der Waals surface area contributed by atoms with E-state index in [0.717, 1.165) is 19.3 Å². The lowest BCUT2D eigenvalue weighted by atomic mass is 10.2. The number of carbonyl (C=O) groups is 2. The number of amides is 1. The number of nitrogens with two attached hydrogens (primary N) is 2. The predicted molar refractivity (Wildman–Crippen MR) is 70.1 cm³/mol. The van der Waals surface area contributed by atoms with Crippen LogP contribution in [0.25, 0.3) is 0 Å². The van der Waals surface area contributed by atoms with Gasteiger partial charge < -0.3 is 16.6 Å². The molecule has 0 aromatic heterocycles. The Hall–Kier alpha value is -1.88. The molecule has 100 valence electrons. The first-order valence-corrected chi connectivity index (χ1v) is 5.84. The van der Waals surface area contributed by atoms with E-state index < -0.39 is 5.97 Å². The van der Waals surface area contributed by atoms with E-state index in [4.69, 9.17) is 16.6 Å². The summed E-state index contributed by atoms with van der Waals surface area (Å²) in [6.07, 6.45) is 2.91. The largest absolute Gasteiger partial charge is 0.481 e. The van der Waals surface area contributed by atoms with Gasteiger partial charge in [-0.3, -0.25) is 9.59 Å². The standard InChI is InChI=1S/C7H7NO.C6H13NO2/c8-7(9)6-4-2-1-3-5-6;7-5-3-1-2-4-6(8)9/h1-5H,(H2,8,9);1-5,7H2,(H,8,9). The zero-order chi connectivity index (χ0) is 13.8. The number of aliphatic carboxylic acids is 1. The highest BCUT2D eigenvalue weighted by molar-refractivity contribution is 5.92. The van der Waals surface area contributed by atoms with Crippen LogP contribution in [0.1, 0.15) is 36.0 Å². The number of carbonyl (C=O) groups excluding carboxylic acids is 1. The summed E-state index contributed by atoms with van der Waals surface area (Å²) in [6, 6.07) is 8.76. The zero-order valence-corrected chi connectivity index (χ0v) is 10.3. The van der Waals surface area contributed by atoms with Crippen LogP contribution in [0.2, 0.25) is 0 Å². The fourth-order valence-corrected chi connectivity index (χ4v) is 1.20. The van der Waals surface area contributed by atoms with Crippen LogP contribution in [-0.4, -0.2) is 23.5 Å². The second kappa shape index (κ2) is 10.3. The van der Waals surface area contributed by atoms with E-state index in [1.165, 1.54) is 0 Å². The number of carboxylic acids is 1. The lowest BCUT2D eigenvalue weighted by molar-refractivity contribution is -0.137. The van der Waals surface area contributed by atoms with Gasteiger partial charge in [0.2, 0.25) is 5.91 Å². The number of rotatable bonds is 6. The van der Waals surface area contributed by atoms with Crippen LogP contribution in [0.4, 0.5) is 0 Å². The summed E-state index contributed by atoms with van der Waals surface area (Å²) in [6.45, 7) is 0.666. The predicted octanol–water partition coefficient (Wildman–Crippen LogP) is 1.38. The quantitative estimate of drug-likeness (QED) is 0.665. The van der Waals surface area contributed by atoms with Crippen molar-refractivity contribution in [2.45, 2.75) is 25.7 Å². The highest BCUT2D eigenvalue weighted by Crippen LogP contribution is 1.97. The summed E-state index contributed by atoms with van der Waals surface area (Å²) in [5, 5.41) is 8.18. The minimum absolute atomic E-state index is 0.278. The minimum Gasteiger partial charge on any atom is -0.481 e. The average Bonchev–Trinajstić information content (AvgIpc) is 2.36. The van der Waals surface area contributed by atoms with Gasteiger partial charge in [0.25, 0.3) is 0 Å². The zero-order valence-electron chi connectivity index (χ0n) is 10.3. The van der Waals surface area contributed by atoms with Crippen molar-refractivity contribution in [1.82, 2.24) is 0 Å². The number of carboxylic acid groups (broad SMARTS) is 1. The van der Waals surface area contributed by atoms with Crippen molar-refractivity contribution >= 4 is 11.9 Å². The van der Waals surface area contributed by atoms with E-state index in [9.17, 15) is 9.59 Å². The molecule has 0 aliphatic carbocycles. The van der Waals surface area contributed by atoms with Gasteiger partial charge in [-0.1, -0.05) is 24.6 Å². The van der Waals surface area contributed by atoms with Crippen LogP contribution >= 0.6 is 0 Å². The van der Waals surface area contributed by atoms with Crippen LogP contribution in [0.5, 0.6) is 0 Å². The molecule has 5 heteroatoms. The number of unbranched alkanes of at least 4 members (excludes halogenated alkanes) is 2. The Labute approximate surface area is 107 Å². The Morgan fingerprint density at radius 1 is 1.06 bits per heavy atom. The molecule has 0 bridgehead atoms. The number of benzene rings is 1. The SMILES string of the molecule is NC(=O)c1ccccc1.NCCCCCC(=O)O. The van der Waals surface area contributed by atoms with Gasteiger partial charge in [0.15, 0.2) is 0 Å². The fraction of sp³-hybridized carbons (Fsp3) is 0.385.